The number of halogens is 1. The van der Waals surface area contributed by atoms with Crippen molar-refractivity contribution in [1.82, 2.24) is 20.1 Å². The van der Waals surface area contributed by atoms with Crippen LogP contribution in [0, 0.1) is 5.82 Å². The zero-order chi connectivity index (χ0) is 21.6. The molecule has 1 N–H and O–H groups in total. The quantitative estimate of drug-likeness (QED) is 0.560. The second-order valence-electron chi connectivity index (χ2n) is 7.47. The van der Waals surface area contributed by atoms with Crippen molar-refractivity contribution in [2.45, 2.75) is 25.3 Å². The van der Waals surface area contributed by atoms with Gasteiger partial charge in [0.05, 0.1) is 12.6 Å². The minimum Gasteiger partial charge on any atom is -0.491 e. The molecule has 8 heteroatoms. The smallest absolute Gasteiger partial charge is 0.254 e. The van der Waals surface area contributed by atoms with E-state index in [1.54, 1.807) is 43.5 Å². The number of aromatic amines is 1. The zero-order valence-corrected chi connectivity index (χ0v) is 17.4. The number of ether oxygens (including phenoxy) is 2. The summed E-state index contributed by atoms with van der Waals surface area (Å²) in [5, 5.41) is 7.32. The molecule has 0 spiro atoms. The normalized spacial score (nSPS) is 15.9. The third-order valence-corrected chi connectivity index (χ3v) is 5.30. The Morgan fingerprint density at radius 3 is 2.68 bits per heavy atom. The predicted molar refractivity (Wildman–Crippen MR) is 112 cm³/mol. The molecule has 7 nitrogen and oxygen atoms in total. The molecule has 1 aliphatic rings. The number of amides is 1. The van der Waals surface area contributed by atoms with Gasteiger partial charge in [0.15, 0.2) is 5.82 Å². The van der Waals surface area contributed by atoms with Crippen LogP contribution in [0.25, 0.3) is 0 Å². The van der Waals surface area contributed by atoms with Crippen LogP contribution in [0.5, 0.6) is 5.75 Å². The van der Waals surface area contributed by atoms with Crippen molar-refractivity contribution in [2.75, 3.05) is 26.9 Å². The van der Waals surface area contributed by atoms with E-state index in [-0.39, 0.29) is 17.8 Å². The van der Waals surface area contributed by atoms with Crippen molar-refractivity contribution in [3.05, 3.63) is 77.1 Å². The van der Waals surface area contributed by atoms with E-state index < -0.39 is 0 Å². The van der Waals surface area contributed by atoms with Gasteiger partial charge in [-0.3, -0.25) is 9.89 Å². The summed E-state index contributed by atoms with van der Waals surface area (Å²) in [6.45, 7) is 1.64. The summed E-state index contributed by atoms with van der Waals surface area (Å²) < 4.78 is 23.6. The van der Waals surface area contributed by atoms with Gasteiger partial charge < -0.3 is 14.4 Å². The van der Waals surface area contributed by atoms with Gasteiger partial charge in [0, 0.05) is 25.6 Å². The van der Waals surface area contributed by atoms with Crippen molar-refractivity contribution in [1.29, 1.82) is 0 Å². The second-order valence-corrected chi connectivity index (χ2v) is 7.47. The maximum Gasteiger partial charge on any atom is 0.254 e. The number of rotatable bonds is 8. The molecule has 31 heavy (non-hydrogen) atoms. The molecule has 0 bridgehead atoms. The standard InChI is InChI=1S/C23H25FN4O3/c1-30-13-14-31-19-10-6-17(7-11-19)23(29)28-12-2-3-20(28)22-25-21(26-27-22)15-16-4-8-18(24)9-5-16/h4-11,20H,2-3,12-15H2,1H3,(H,25,26,27)/t20-/m0/s1. The van der Waals surface area contributed by atoms with Crippen molar-refractivity contribution in [3.8, 4) is 5.75 Å². The van der Waals surface area contributed by atoms with Crippen LogP contribution in [-0.2, 0) is 11.2 Å². The Morgan fingerprint density at radius 2 is 1.94 bits per heavy atom. The Labute approximate surface area is 180 Å². The molecule has 4 rings (SSSR count). The largest absolute Gasteiger partial charge is 0.491 e. The maximum atomic E-state index is 13.1. The lowest BCUT2D eigenvalue weighted by molar-refractivity contribution is 0.0730. The molecule has 0 aliphatic carbocycles. The van der Waals surface area contributed by atoms with Crippen LogP contribution in [0.2, 0.25) is 0 Å². The number of nitrogens with one attached hydrogen (secondary N) is 1. The van der Waals surface area contributed by atoms with Gasteiger partial charge in [-0.1, -0.05) is 12.1 Å². The molecule has 1 aromatic heterocycles. The number of likely N-dealkylation sites (tertiary alicyclic amines) is 1. The van der Waals surface area contributed by atoms with Gasteiger partial charge in [0.1, 0.15) is 24.0 Å². The Balaban J connectivity index is 1.42. The third-order valence-electron chi connectivity index (χ3n) is 5.30. The number of carbonyl (C=O) groups is 1. The number of aromatic nitrogens is 3. The first-order valence-corrected chi connectivity index (χ1v) is 10.3. The molecule has 162 valence electrons. The number of H-pyrrole nitrogens is 1. The molecule has 1 aliphatic heterocycles. The lowest BCUT2D eigenvalue weighted by Gasteiger charge is -2.22. The van der Waals surface area contributed by atoms with E-state index in [0.29, 0.717) is 49.1 Å². The summed E-state index contributed by atoms with van der Waals surface area (Å²) in [6.07, 6.45) is 2.24. The predicted octanol–water partition coefficient (Wildman–Crippen LogP) is 3.54. The summed E-state index contributed by atoms with van der Waals surface area (Å²) in [4.78, 5) is 19.5. The Kier molecular flexibility index (Phi) is 6.57. The molecular weight excluding hydrogens is 399 g/mol. The van der Waals surface area contributed by atoms with E-state index in [1.165, 1.54) is 12.1 Å². The van der Waals surface area contributed by atoms with Gasteiger partial charge in [-0.25, -0.2) is 9.37 Å². The molecule has 0 radical (unpaired) electrons. The van der Waals surface area contributed by atoms with Crippen LogP contribution < -0.4 is 4.74 Å². The van der Waals surface area contributed by atoms with Crippen LogP contribution in [0.4, 0.5) is 4.39 Å². The summed E-state index contributed by atoms with van der Waals surface area (Å²) in [6, 6.07) is 13.3. The van der Waals surface area contributed by atoms with E-state index in [1.807, 2.05) is 4.90 Å². The van der Waals surface area contributed by atoms with Gasteiger partial charge in [-0.05, 0) is 54.8 Å². The van der Waals surface area contributed by atoms with Gasteiger partial charge in [-0.2, -0.15) is 5.10 Å². The molecule has 1 amide bonds. The number of benzene rings is 2. The van der Waals surface area contributed by atoms with Crippen LogP contribution in [0.3, 0.4) is 0 Å². The number of hydrogen-bond donors (Lipinski definition) is 1. The minimum atomic E-state index is -0.267. The summed E-state index contributed by atoms with van der Waals surface area (Å²) in [5.74, 6) is 1.69. The molecule has 2 aromatic carbocycles. The van der Waals surface area contributed by atoms with Crippen molar-refractivity contribution in [3.63, 3.8) is 0 Å². The first-order chi connectivity index (χ1) is 15.1. The van der Waals surface area contributed by atoms with E-state index >= 15 is 0 Å². The summed E-state index contributed by atoms with van der Waals surface area (Å²) in [7, 11) is 1.62. The molecule has 1 fully saturated rings. The van der Waals surface area contributed by atoms with Gasteiger partial charge in [0.25, 0.3) is 5.91 Å². The molecule has 3 aromatic rings. The Morgan fingerprint density at radius 1 is 1.16 bits per heavy atom. The van der Waals surface area contributed by atoms with Crippen LogP contribution in [0.15, 0.2) is 48.5 Å². The fourth-order valence-corrected chi connectivity index (χ4v) is 3.71. The first kappa shape index (κ1) is 21.0. The van der Waals surface area contributed by atoms with Crippen molar-refractivity contribution >= 4 is 5.91 Å². The molecular formula is C23H25FN4O3. The number of hydrogen-bond acceptors (Lipinski definition) is 5. The van der Waals surface area contributed by atoms with Gasteiger partial charge in [-0.15, -0.1) is 0 Å². The monoisotopic (exact) mass is 424 g/mol. The highest BCUT2D eigenvalue weighted by atomic mass is 19.1. The SMILES string of the molecule is COCCOc1ccc(C(=O)N2CCC[C@H]2c2n[nH]c(Cc3ccc(F)cc3)n2)cc1. The zero-order valence-electron chi connectivity index (χ0n) is 17.4. The summed E-state index contributed by atoms with van der Waals surface area (Å²) in [5.41, 5.74) is 1.55. The lowest BCUT2D eigenvalue weighted by Crippen LogP contribution is -2.31. The highest BCUT2D eigenvalue weighted by Crippen LogP contribution is 2.31. The average Bonchev–Trinajstić information content (AvgIpc) is 3.45. The van der Waals surface area contributed by atoms with Gasteiger partial charge >= 0.3 is 0 Å². The molecule has 0 saturated carbocycles. The van der Waals surface area contributed by atoms with Crippen LogP contribution >= 0.6 is 0 Å². The molecule has 0 unspecified atom stereocenters. The molecule has 2 heterocycles. The number of nitrogens with zero attached hydrogens (tertiary/aromatic N) is 3. The highest BCUT2D eigenvalue weighted by Gasteiger charge is 2.33. The Hall–Kier alpha value is -3.26. The van der Waals surface area contributed by atoms with E-state index in [2.05, 4.69) is 15.2 Å². The Bertz CT molecular complexity index is 1000. The summed E-state index contributed by atoms with van der Waals surface area (Å²) >= 11 is 0. The second kappa shape index (κ2) is 9.70. The van der Waals surface area contributed by atoms with Crippen LogP contribution in [-0.4, -0.2) is 52.9 Å². The molecule has 1 saturated heterocycles. The number of methoxy groups -OCH3 is 1. The van der Waals surface area contributed by atoms with Crippen molar-refractivity contribution < 1.29 is 18.7 Å². The van der Waals surface area contributed by atoms with E-state index in [9.17, 15) is 9.18 Å². The number of carbonyl (C=O) groups excluding carboxylic acids is 1. The first-order valence-electron chi connectivity index (χ1n) is 10.3. The van der Waals surface area contributed by atoms with Crippen LogP contribution in [0.1, 0.15) is 46.5 Å². The van der Waals surface area contributed by atoms with E-state index in [4.69, 9.17) is 9.47 Å². The highest BCUT2D eigenvalue weighted by molar-refractivity contribution is 5.94. The fourth-order valence-electron chi connectivity index (χ4n) is 3.71. The topological polar surface area (TPSA) is 80.3 Å². The third kappa shape index (κ3) is 5.08. The fraction of sp³-hybridized carbons (Fsp3) is 0.348. The lowest BCUT2D eigenvalue weighted by atomic mass is 10.1. The maximum absolute atomic E-state index is 13.1. The van der Waals surface area contributed by atoms with Crippen molar-refractivity contribution in [2.24, 2.45) is 0 Å². The molecule has 1 atom stereocenters. The van der Waals surface area contributed by atoms with E-state index in [0.717, 1.165) is 18.4 Å². The minimum absolute atomic E-state index is 0.0455. The average molecular weight is 424 g/mol. The van der Waals surface area contributed by atoms with Gasteiger partial charge in [0.2, 0.25) is 0 Å².